The van der Waals surface area contributed by atoms with E-state index >= 15 is 0 Å². The number of nitrogens with zero attached hydrogens (tertiary/aromatic N) is 1. The second-order valence-electron chi connectivity index (χ2n) is 7.34. The maximum Gasteiger partial charge on any atom is 0.262 e. The summed E-state index contributed by atoms with van der Waals surface area (Å²) in [5, 5.41) is 4.96. The average molecular weight is 451 g/mol. The first-order valence-corrected chi connectivity index (χ1v) is 11.0. The predicted octanol–water partition coefficient (Wildman–Crippen LogP) is 2.40. The maximum atomic E-state index is 13.9. The Morgan fingerprint density at radius 2 is 2.03 bits per heavy atom. The molecule has 4 rings (SSSR count). The summed E-state index contributed by atoms with van der Waals surface area (Å²) < 4.78 is 60.1. The van der Waals surface area contributed by atoms with Crippen molar-refractivity contribution in [3.8, 4) is 5.75 Å². The van der Waals surface area contributed by atoms with Gasteiger partial charge in [0.05, 0.1) is 16.3 Å². The topological polar surface area (TPSA) is 105 Å². The lowest BCUT2D eigenvalue weighted by Gasteiger charge is -2.26. The summed E-state index contributed by atoms with van der Waals surface area (Å²) in [5.74, 6) is -2.57. The quantitative estimate of drug-likeness (QED) is 0.743. The van der Waals surface area contributed by atoms with Gasteiger partial charge in [-0.1, -0.05) is 0 Å². The van der Waals surface area contributed by atoms with E-state index in [-0.39, 0.29) is 41.8 Å². The zero-order chi connectivity index (χ0) is 22.3. The van der Waals surface area contributed by atoms with Crippen molar-refractivity contribution in [1.29, 1.82) is 0 Å². The fraction of sp³-hybridized carbons (Fsp3) is 0.300. The Balaban J connectivity index is 1.62. The fourth-order valence-electron chi connectivity index (χ4n) is 3.72. The van der Waals surface area contributed by atoms with Crippen LogP contribution < -0.4 is 15.4 Å². The number of anilines is 2. The summed E-state index contributed by atoms with van der Waals surface area (Å²) in [7, 11) is -4.09. The highest BCUT2D eigenvalue weighted by Gasteiger charge is 2.40. The molecule has 8 nitrogen and oxygen atoms in total. The highest BCUT2D eigenvalue weighted by atomic mass is 32.2. The van der Waals surface area contributed by atoms with Gasteiger partial charge in [-0.2, -0.15) is 4.31 Å². The number of carbonyl (C=O) groups is 2. The Morgan fingerprint density at radius 3 is 2.77 bits per heavy atom. The standard InChI is InChI=1S/C20H19F2N3O5S/c1-11-7-15-17(30-10-19(26)23-15)9-18(11)31(28,29)25-6-2-3-16(25)20(27)24-14-5-4-12(21)8-13(14)22/h4-5,7-9,16H,2-3,6,10H2,1H3,(H,23,26)(H,24,27). The van der Waals surface area contributed by atoms with Crippen LogP contribution >= 0.6 is 0 Å². The molecule has 0 aromatic heterocycles. The maximum absolute atomic E-state index is 13.9. The predicted molar refractivity (Wildman–Crippen MR) is 107 cm³/mol. The minimum Gasteiger partial charge on any atom is -0.482 e. The van der Waals surface area contributed by atoms with Gasteiger partial charge in [-0.15, -0.1) is 0 Å². The Labute approximate surface area is 177 Å². The van der Waals surface area contributed by atoms with Gasteiger partial charge >= 0.3 is 0 Å². The van der Waals surface area contributed by atoms with Gasteiger partial charge < -0.3 is 15.4 Å². The van der Waals surface area contributed by atoms with Gasteiger partial charge in [0.1, 0.15) is 23.4 Å². The number of rotatable bonds is 4. The molecule has 31 heavy (non-hydrogen) atoms. The molecule has 0 aliphatic carbocycles. The van der Waals surface area contributed by atoms with Crippen molar-refractivity contribution in [3.63, 3.8) is 0 Å². The van der Waals surface area contributed by atoms with E-state index in [2.05, 4.69) is 10.6 Å². The summed E-state index contributed by atoms with van der Waals surface area (Å²) in [6.07, 6.45) is 0.699. The van der Waals surface area contributed by atoms with E-state index in [1.54, 1.807) is 6.92 Å². The number of hydrogen-bond donors (Lipinski definition) is 2. The SMILES string of the molecule is Cc1cc2c(cc1S(=O)(=O)N1CCCC1C(=O)Nc1ccc(F)cc1F)OCC(=O)N2. The number of sulfonamides is 1. The van der Waals surface area contributed by atoms with Crippen molar-refractivity contribution in [3.05, 3.63) is 47.5 Å². The average Bonchev–Trinajstić information content (AvgIpc) is 3.20. The summed E-state index contributed by atoms with van der Waals surface area (Å²) in [5.41, 5.74) is 0.514. The van der Waals surface area contributed by atoms with Gasteiger partial charge in [-0.3, -0.25) is 9.59 Å². The number of fused-ring (bicyclic) bond motifs is 1. The van der Waals surface area contributed by atoms with E-state index in [9.17, 15) is 26.8 Å². The second kappa shape index (κ2) is 7.89. The molecular weight excluding hydrogens is 432 g/mol. The van der Waals surface area contributed by atoms with Crippen LogP contribution in [0.5, 0.6) is 5.75 Å². The summed E-state index contributed by atoms with van der Waals surface area (Å²) in [6, 6.07) is 4.48. The van der Waals surface area contributed by atoms with Crippen LogP contribution in [0.3, 0.4) is 0 Å². The Bertz CT molecular complexity index is 1190. The van der Waals surface area contributed by atoms with Gasteiger partial charge in [-0.05, 0) is 43.5 Å². The van der Waals surface area contributed by atoms with Crippen LogP contribution in [0.15, 0.2) is 35.2 Å². The van der Waals surface area contributed by atoms with Crippen LogP contribution in [0, 0.1) is 18.6 Å². The Kier molecular flexibility index (Phi) is 5.40. The van der Waals surface area contributed by atoms with Gasteiger partial charge in [0, 0.05) is 18.7 Å². The van der Waals surface area contributed by atoms with Crippen LogP contribution in [0.1, 0.15) is 18.4 Å². The lowest BCUT2D eigenvalue weighted by Crippen LogP contribution is -2.43. The summed E-state index contributed by atoms with van der Waals surface area (Å²) in [6.45, 7) is 1.46. The zero-order valence-corrected chi connectivity index (χ0v) is 17.3. The number of nitrogens with one attached hydrogen (secondary N) is 2. The molecule has 2 heterocycles. The molecule has 2 aliphatic rings. The van der Waals surface area contributed by atoms with Crippen molar-refractivity contribution in [2.24, 2.45) is 0 Å². The first-order chi connectivity index (χ1) is 14.7. The highest BCUT2D eigenvalue weighted by Crippen LogP contribution is 2.36. The first kappa shape index (κ1) is 21.2. The molecule has 0 radical (unpaired) electrons. The van der Waals surface area contributed by atoms with Gasteiger partial charge in [0.25, 0.3) is 5.91 Å². The van der Waals surface area contributed by atoms with Crippen LogP contribution in [-0.4, -0.2) is 43.7 Å². The summed E-state index contributed by atoms with van der Waals surface area (Å²) in [4.78, 5) is 24.2. The molecule has 0 bridgehead atoms. The van der Waals surface area contributed by atoms with Crippen LogP contribution in [0.2, 0.25) is 0 Å². The molecule has 2 N–H and O–H groups in total. The number of aryl methyl sites for hydroxylation is 1. The molecule has 0 spiro atoms. The molecule has 2 aliphatic heterocycles. The normalized spacial score (nSPS) is 18.8. The number of halogens is 2. The molecule has 11 heteroatoms. The monoisotopic (exact) mass is 451 g/mol. The summed E-state index contributed by atoms with van der Waals surface area (Å²) >= 11 is 0. The molecule has 1 fully saturated rings. The molecule has 2 aromatic carbocycles. The van der Waals surface area contributed by atoms with E-state index in [1.807, 2.05) is 0 Å². The highest BCUT2D eigenvalue weighted by molar-refractivity contribution is 7.89. The molecule has 1 unspecified atom stereocenters. The van der Waals surface area contributed by atoms with Crippen LogP contribution in [0.25, 0.3) is 0 Å². The van der Waals surface area contributed by atoms with Gasteiger partial charge in [0.2, 0.25) is 15.9 Å². The van der Waals surface area contributed by atoms with Gasteiger partial charge in [0.15, 0.2) is 6.61 Å². The number of carbonyl (C=O) groups excluding carboxylic acids is 2. The lowest BCUT2D eigenvalue weighted by atomic mass is 10.2. The van der Waals surface area contributed by atoms with Crippen molar-refractivity contribution >= 4 is 33.2 Å². The fourth-order valence-corrected chi connectivity index (χ4v) is 5.60. The zero-order valence-electron chi connectivity index (χ0n) is 16.4. The minimum absolute atomic E-state index is 0.0462. The number of benzene rings is 2. The van der Waals surface area contributed by atoms with Crippen LogP contribution in [-0.2, 0) is 19.6 Å². The molecular formula is C20H19F2N3O5S. The smallest absolute Gasteiger partial charge is 0.262 e. The van der Waals surface area contributed by atoms with Crippen molar-refractivity contribution in [2.75, 3.05) is 23.8 Å². The molecule has 1 atom stereocenters. The third-order valence-corrected chi connectivity index (χ3v) is 7.24. The van der Waals surface area contributed by atoms with E-state index in [0.717, 1.165) is 16.4 Å². The number of ether oxygens (including phenoxy) is 1. The van der Waals surface area contributed by atoms with E-state index < -0.39 is 33.6 Å². The molecule has 2 amide bonds. The second-order valence-corrected chi connectivity index (χ2v) is 9.20. The molecule has 1 saturated heterocycles. The van der Waals surface area contributed by atoms with Crippen molar-refractivity contribution < 1.29 is 31.5 Å². The van der Waals surface area contributed by atoms with E-state index in [0.29, 0.717) is 23.7 Å². The third kappa shape index (κ3) is 3.98. The van der Waals surface area contributed by atoms with Gasteiger partial charge in [-0.25, -0.2) is 17.2 Å². The number of amides is 2. The molecule has 0 saturated carbocycles. The van der Waals surface area contributed by atoms with Crippen LogP contribution in [0.4, 0.5) is 20.2 Å². The lowest BCUT2D eigenvalue weighted by molar-refractivity contribution is -0.119. The molecule has 2 aromatic rings. The first-order valence-electron chi connectivity index (χ1n) is 9.52. The molecule has 164 valence electrons. The third-order valence-electron chi connectivity index (χ3n) is 5.19. The van der Waals surface area contributed by atoms with E-state index in [1.165, 1.54) is 12.1 Å². The minimum atomic E-state index is -4.09. The van der Waals surface area contributed by atoms with Crippen molar-refractivity contribution in [2.45, 2.75) is 30.7 Å². The Hall–Kier alpha value is -3.05. The largest absolute Gasteiger partial charge is 0.482 e. The Morgan fingerprint density at radius 1 is 1.26 bits per heavy atom. The van der Waals surface area contributed by atoms with E-state index in [4.69, 9.17) is 4.74 Å². The van der Waals surface area contributed by atoms with Crippen molar-refractivity contribution in [1.82, 2.24) is 4.31 Å². The number of hydrogen-bond acceptors (Lipinski definition) is 5.